The van der Waals surface area contributed by atoms with Gasteiger partial charge in [0, 0.05) is 11.1 Å². The molecule has 4 heteroatoms. The lowest BCUT2D eigenvalue weighted by atomic mass is 10.3. The minimum atomic E-state index is -0.888. The van der Waals surface area contributed by atoms with Crippen LogP contribution in [-0.4, -0.2) is 11.4 Å². The molecule has 12 heavy (non-hydrogen) atoms. The maximum Gasteiger partial charge on any atom is 0.194 e. The normalized spacial score (nSPS) is 12.7. The van der Waals surface area contributed by atoms with Crippen molar-refractivity contribution in [2.75, 3.05) is 0 Å². The first kappa shape index (κ1) is 9.65. The third-order valence-corrected chi connectivity index (χ3v) is 1.74. The maximum atomic E-state index is 8.90. The highest BCUT2D eigenvalue weighted by atomic mass is 35.5. The monoisotopic (exact) mass is 206 g/mol. The van der Waals surface area contributed by atoms with E-state index in [-0.39, 0.29) is 0 Å². The lowest BCUT2D eigenvalue weighted by Crippen LogP contribution is -2.09. The van der Waals surface area contributed by atoms with Crippen LogP contribution in [0.4, 0.5) is 0 Å². The Labute approximate surface area is 80.7 Å². The quantitative estimate of drug-likeness (QED) is 0.755. The molecule has 0 aliphatic heterocycles. The molecule has 0 saturated carbocycles. The smallest absolute Gasteiger partial charge is 0.194 e. The number of rotatable bonds is 2. The summed E-state index contributed by atoms with van der Waals surface area (Å²) in [4.78, 5) is 0. The summed E-state index contributed by atoms with van der Waals surface area (Å²) in [5, 5.41) is 9.85. The highest BCUT2D eigenvalue weighted by Crippen LogP contribution is 2.28. The molecule has 2 nitrogen and oxygen atoms in total. The molecule has 1 aromatic carbocycles. The van der Waals surface area contributed by atoms with E-state index in [0.29, 0.717) is 15.8 Å². The van der Waals surface area contributed by atoms with Crippen molar-refractivity contribution in [1.82, 2.24) is 0 Å². The van der Waals surface area contributed by atoms with Crippen molar-refractivity contribution < 1.29 is 9.84 Å². The molecule has 0 aliphatic rings. The third-order valence-electron chi connectivity index (χ3n) is 1.19. The van der Waals surface area contributed by atoms with Crippen molar-refractivity contribution >= 4 is 23.2 Å². The standard InChI is InChI=1S/C8H8Cl2O2/c1-5(11)12-8-4-6(9)2-3-7(8)10/h2-5,11H,1H3. The van der Waals surface area contributed by atoms with Crippen molar-refractivity contribution in [3.05, 3.63) is 28.2 Å². The number of aliphatic hydroxyl groups is 1. The Hall–Kier alpha value is -0.440. The zero-order chi connectivity index (χ0) is 9.14. The van der Waals surface area contributed by atoms with Crippen LogP contribution in [-0.2, 0) is 0 Å². The summed E-state index contributed by atoms with van der Waals surface area (Å²) in [7, 11) is 0. The van der Waals surface area contributed by atoms with Crippen LogP contribution < -0.4 is 4.74 Å². The summed E-state index contributed by atoms with van der Waals surface area (Å²) in [6, 6.07) is 4.82. The Morgan fingerprint density at radius 3 is 2.67 bits per heavy atom. The molecule has 0 aliphatic carbocycles. The SMILES string of the molecule is CC(O)Oc1cc(Cl)ccc1Cl. The molecule has 0 fully saturated rings. The number of ether oxygens (including phenoxy) is 1. The topological polar surface area (TPSA) is 29.5 Å². The lowest BCUT2D eigenvalue weighted by molar-refractivity contribution is -0.000211. The average molecular weight is 207 g/mol. The molecule has 1 atom stereocenters. The second kappa shape index (κ2) is 3.99. The first-order chi connectivity index (χ1) is 5.59. The molecular weight excluding hydrogens is 199 g/mol. The minimum absolute atomic E-state index is 0.388. The highest BCUT2D eigenvalue weighted by molar-refractivity contribution is 6.34. The van der Waals surface area contributed by atoms with Gasteiger partial charge in [0.05, 0.1) is 5.02 Å². The molecule has 0 radical (unpaired) electrons. The summed E-state index contributed by atoms with van der Waals surface area (Å²) < 4.78 is 4.96. The van der Waals surface area contributed by atoms with E-state index in [0.717, 1.165) is 0 Å². The second-order valence-corrected chi connectivity index (χ2v) is 3.14. The van der Waals surface area contributed by atoms with Gasteiger partial charge >= 0.3 is 0 Å². The molecule has 1 rings (SSSR count). The molecule has 0 spiro atoms. The number of hydrogen-bond donors (Lipinski definition) is 1. The summed E-state index contributed by atoms with van der Waals surface area (Å²) in [6.07, 6.45) is -0.888. The maximum absolute atomic E-state index is 8.90. The molecule has 0 bridgehead atoms. The van der Waals surface area contributed by atoms with Crippen LogP contribution in [0.2, 0.25) is 10.0 Å². The molecule has 0 amide bonds. The van der Waals surface area contributed by atoms with Gasteiger partial charge in [-0.25, -0.2) is 0 Å². The number of aliphatic hydroxyl groups excluding tert-OH is 1. The predicted octanol–water partition coefficient (Wildman–Crippen LogP) is 2.71. The lowest BCUT2D eigenvalue weighted by Gasteiger charge is -2.09. The van der Waals surface area contributed by atoms with Crippen molar-refractivity contribution in [3.8, 4) is 5.75 Å². The van der Waals surface area contributed by atoms with Gasteiger partial charge in [-0.15, -0.1) is 0 Å². The summed E-state index contributed by atoms with van der Waals surface area (Å²) in [6.45, 7) is 1.50. The highest BCUT2D eigenvalue weighted by Gasteiger charge is 2.04. The third kappa shape index (κ3) is 2.55. The Kier molecular flexibility index (Phi) is 3.20. The molecule has 1 unspecified atom stereocenters. The van der Waals surface area contributed by atoms with Gasteiger partial charge in [-0.3, -0.25) is 0 Å². The molecule has 1 N–H and O–H groups in total. The summed E-state index contributed by atoms with van der Waals surface area (Å²) >= 11 is 11.4. The van der Waals surface area contributed by atoms with Crippen molar-refractivity contribution in [2.45, 2.75) is 13.2 Å². The van der Waals surface area contributed by atoms with Gasteiger partial charge in [-0.2, -0.15) is 0 Å². The van der Waals surface area contributed by atoms with Crippen LogP contribution in [0.1, 0.15) is 6.92 Å². The molecule has 66 valence electrons. The average Bonchev–Trinajstić information content (AvgIpc) is 1.96. The van der Waals surface area contributed by atoms with Crippen LogP contribution in [0, 0.1) is 0 Å². The van der Waals surface area contributed by atoms with Gasteiger partial charge < -0.3 is 9.84 Å². The Morgan fingerprint density at radius 2 is 2.08 bits per heavy atom. The number of benzene rings is 1. The van der Waals surface area contributed by atoms with Crippen LogP contribution in [0.5, 0.6) is 5.75 Å². The zero-order valence-electron chi connectivity index (χ0n) is 6.42. The summed E-state index contributed by atoms with van der Waals surface area (Å²) in [5.41, 5.74) is 0. The van der Waals surface area contributed by atoms with Crippen LogP contribution in [0.3, 0.4) is 0 Å². The second-order valence-electron chi connectivity index (χ2n) is 2.29. The number of hydrogen-bond acceptors (Lipinski definition) is 2. The molecule has 1 aromatic rings. The Bertz CT molecular complexity index is 274. The first-order valence-corrected chi connectivity index (χ1v) is 4.15. The van der Waals surface area contributed by atoms with Crippen LogP contribution >= 0.6 is 23.2 Å². The van der Waals surface area contributed by atoms with E-state index in [1.165, 1.54) is 6.92 Å². The molecule has 0 heterocycles. The van der Waals surface area contributed by atoms with Crippen molar-refractivity contribution in [1.29, 1.82) is 0 Å². The first-order valence-electron chi connectivity index (χ1n) is 3.39. The fourth-order valence-corrected chi connectivity index (χ4v) is 1.08. The molecular formula is C8H8Cl2O2. The molecule has 0 aromatic heterocycles. The van der Waals surface area contributed by atoms with Gasteiger partial charge in [0.1, 0.15) is 5.75 Å². The van der Waals surface area contributed by atoms with E-state index < -0.39 is 6.29 Å². The Morgan fingerprint density at radius 1 is 1.42 bits per heavy atom. The van der Waals surface area contributed by atoms with Gasteiger partial charge in [0.15, 0.2) is 6.29 Å². The predicted molar refractivity (Wildman–Crippen MR) is 48.8 cm³/mol. The minimum Gasteiger partial charge on any atom is -0.464 e. The van der Waals surface area contributed by atoms with E-state index in [9.17, 15) is 0 Å². The molecule has 0 saturated heterocycles. The van der Waals surface area contributed by atoms with Crippen molar-refractivity contribution in [2.24, 2.45) is 0 Å². The van der Waals surface area contributed by atoms with Crippen LogP contribution in [0.15, 0.2) is 18.2 Å². The van der Waals surface area contributed by atoms with Gasteiger partial charge in [0.25, 0.3) is 0 Å². The summed E-state index contributed by atoms with van der Waals surface area (Å²) in [5.74, 6) is 0.388. The largest absolute Gasteiger partial charge is 0.464 e. The fourth-order valence-electron chi connectivity index (χ4n) is 0.751. The van der Waals surface area contributed by atoms with E-state index in [1.54, 1.807) is 18.2 Å². The van der Waals surface area contributed by atoms with E-state index in [1.807, 2.05) is 0 Å². The number of halogens is 2. The van der Waals surface area contributed by atoms with Gasteiger partial charge in [-0.1, -0.05) is 23.2 Å². The Balaban J connectivity index is 2.90. The van der Waals surface area contributed by atoms with Gasteiger partial charge in [-0.05, 0) is 19.1 Å². The van der Waals surface area contributed by atoms with E-state index >= 15 is 0 Å². The van der Waals surface area contributed by atoms with E-state index in [4.69, 9.17) is 33.0 Å². The fraction of sp³-hybridized carbons (Fsp3) is 0.250. The zero-order valence-corrected chi connectivity index (χ0v) is 7.93. The van der Waals surface area contributed by atoms with Crippen LogP contribution in [0.25, 0.3) is 0 Å². The van der Waals surface area contributed by atoms with E-state index in [2.05, 4.69) is 0 Å². The van der Waals surface area contributed by atoms with Gasteiger partial charge in [0.2, 0.25) is 0 Å². The van der Waals surface area contributed by atoms with Crippen molar-refractivity contribution in [3.63, 3.8) is 0 Å².